The van der Waals surface area contributed by atoms with Crippen molar-refractivity contribution in [2.24, 2.45) is 0 Å². The van der Waals surface area contributed by atoms with E-state index in [1.54, 1.807) is 0 Å². The highest BCUT2D eigenvalue weighted by Gasteiger charge is 2.40. The number of nitrogens with one attached hydrogen (secondary N) is 1. The molecule has 4 nitrogen and oxygen atoms in total. The first-order valence-electron chi connectivity index (χ1n) is 10.0. The molecule has 2 atom stereocenters. The highest BCUT2D eigenvalue weighted by molar-refractivity contribution is 7.91. The lowest BCUT2D eigenvalue weighted by Crippen LogP contribution is -2.39. The minimum atomic E-state index is -2.80. The van der Waals surface area contributed by atoms with Crippen molar-refractivity contribution < 1.29 is 13.2 Å². The predicted octanol–water partition coefficient (Wildman–Crippen LogP) is 3.44. The average Bonchev–Trinajstić information content (AvgIpc) is 3.43. The van der Waals surface area contributed by atoms with Crippen LogP contribution in [0.2, 0.25) is 0 Å². The van der Waals surface area contributed by atoms with Gasteiger partial charge in [-0.3, -0.25) is 4.79 Å². The fourth-order valence-electron chi connectivity index (χ4n) is 4.10. The van der Waals surface area contributed by atoms with Crippen molar-refractivity contribution >= 4 is 15.6 Å². The number of aryl methyl sites for hydroxylation is 1. The van der Waals surface area contributed by atoms with Crippen LogP contribution in [0.25, 0.3) is 0 Å². The predicted molar refractivity (Wildman–Crippen MR) is 112 cm³/mol. The van der Waals surface area contributed by atoms with Gasteiger partial charge in [-0.2, -0.15) is 0 Å². The largest absolute Gasteiger partial charge is 0.311 e. The zero-order valence-electron chi connectivity index (χ0n) is 16.2. The highest BCUT2D eigenvalue weighted by Crippen LogP contribution is 2.41. The van der Waals surface area contributed by atoms with Gasteiger partial charge >= 0.3 is 0 Å². The molecule has 28 heavy (non-hydrogen) atoms. The number of ketones is 1. The summed E-state index contributed by atoms with van der Waals surface area (Å²) in [6.45, 7) is 2.00. The molecule has 2 aromatic rings. The Kier molecular flexibility index (Phi) is 5.39. The van der Waals surface area contributed by atoms with Gasteiger partial charge in [0, 0.05) is 30.0 Å². The minimum absolute atomic E-state index is 0.148. The lowest BCUT2D eigenvalue weighted by Gasteiger charge is -2.23. The van der Waals surface area contributed by atoms with Gasteiger partial charge in [0.1, 0.15) is 9.84 Å². The van der Waals surface area contributed by atoms with Gasteiger partial charge < -0.3 is 5.32 Å². The SMILES string of the molecule is Cc1cccc(C(=O)Cc2ccc(C3CC3NC3CCS(=O)(=O)CC3)cc2)c1. The van der Waals surface area contributed by atoms with Crippen LogP contribution >= 0.6 is 0 Å². The molecule has 4 rings (SSSR count). The number of hydrogen-bond acceptors (Lipinski definition) is 4. The van der Waals surface area contributed by atoms with E-state index in [0.29, 0.717) is 35.9 Å². The van der Waals surface area contributed by atoms with E-state index in [-0.39, 0.29) is 5.78 Å². The van der Waals surface area contributed by atoms with E-state index in [1.807, 2.05) is 31.2 Å². The van der Waals surface area contributed by atoms with Crippen molar-refractivity contribution in [1.82, 2.24) is 5.32 Å². The minimum Gasteiger partial charge on any atom is -0.311 e. The number of carbonyl (C=O) groups excluding carboxylic acids is 1. The zero-order valence-corrected chi connectivity index (χ0v) is 17.0. The number of sulfone groups is 1. The Balaban J connectivity index is 1.30. The molecule has 0 amide bonds. The third kappa shape index (κ3) is 4.70. The maximum absolute atomic E-state index is 12.5. The second-order valence-electron chi connectivity index (χ2n) is 8.25. The molecule has 0 aromatic heterocycles. The molecule has 2 unspecified atom stereocenters. The summed E-state index contributed by atoms with van der Waals surface area (Å²) >= 11 is 0. The number of carbonyl (C=O) groups is 1. The molecule has 0 radical (unpaired) electrons. The van der Waals surface area contributed by atoms with Crippen molar-refractivity contribution in [3.63, 3.8) is 0 Å². The number of rotatable bonds is 6. The molecule has 1 N–H and O–H groups in total. The second kappa shape index (κ2) is 7.80. The van der Waals surface area contributed by atoms with Crippen molar-refractivity contribution in [2.45, 2.75) is 50.6 Å². The van der Waals surface area contributed by atoms with Crippen LogP contribution in [-0.2, 0) is 16.3 Å². The molecule has 1 saturated heterocycles. The fourth-order valence-corrected chi connectivity index (χ4v) is 5.59. The number of benzene rings is 2. The molecule has 2 aromatic carbocycles. The van der Waals surface area contributed by atoms with Crippen LogP contribution in [0.5, 0.6) is 0 Å². The topological polar surface area (TPSA) is 63.2 Å². The summed E-state index contributed by atoms with van der Waals surface area (Å²) in [5, 5.41) is 3.63. The summed E-state index contributed by atoms with van der Waals surface area (Å²) in [5.41, 5.74) is 4.21. The molecule has 1 heterocycles. The van der Waals surface area contributed by atoms with E-state index in [0.717, 1.165) is 36.0 Å². The quantitative estimate of drug-likeness (QED) is 0.759. The molecule has 2 aliphatic rings. The van der Waals surface area contributed by atoms with Gasteiger partial charge in [-0.05, 0) is 43.4 Å². The van der Waals surface area contributed by atoms with Crippen molar-refractivity contribution in [3.05, 3.63) is 70.8 Å². The van der Waals surface area contributed by atoms with Crippen molar-refractivity contribution in [1.29, 1.82) is 0 Å². The monoisotopic (exact) mass is 397 g/mol. The van der Waals surface area contributed by atoms with Gasteiger partial charge in [0.05, 0.1) is 11.5 Å². The standard InChI is InChI=1S/C23H27NO3S/c1-16-3-2-4-19(13-16)23(25)14-17-5-7-18(8-6-17)21-15-22(21)24-20-9-11-28(26,27)12-10-20/h2-8,13,20-22,24H,9-12,14-15H2,1H3. The molecule has 2 fully saturated rings. The Labute approximate surface area is 167 Å². The molecular weight excluding hydrogens is 370 g/mol. The first-order valence-corrected chi connectivity index (χ1v) is 11.9. The molecule has 0 spiro atoms. The Morgan fingerprint density at radius 1 is 1.07 bits per heavy atom. The lowest BCUT2D eigenvalue weighted by atomic mass is 10.00. The molecule has 5 heteroatoms. The van der Waals surface area contributed by atoms with Crippen LogP contribution in [0, 0.1) is 6.92 Å². The first kappa shape index (κ1) is 19.3. The van der Waals surface area contributed by atoms with Crippen molar-refractivity contribution in [2.75, 3.05) is 11.5 Å². The van der Waals surface area contributed by atoms with Gasteiger partial charge in [-0.25, -0.2) is 8.42 Å². The maximum Gasteiger partial charge on any atom is 0.167 e. The average molecular weight is 398 g/mol. The summed E-state index contributed by atoms with van der Waals surface area (Å²) < 4.78 is 23.1. The Morgan fingerprint density at radius 3 is 2.46 bits per heavy atom. The molecule has 1 aliphatic carbocycles. The van der Waals surface area contributed by atoms with Crippen LogP contribution in [0.4, 0.5) is 0 Å². The van der Waals surface area contributed by atoms with Gasteiger partial charge in [0.15, 0.2) is 5.78 Å². The molecule has 1 aliphatic heterocycles. The summed E-state index contributed by atoms with van der Waals surface area (Å²) in [4.78, 5) is 12.5. The Hall–Kier alpha value is -1.98. The smallest absolute Gasteiger partial charge is 0.167 e. The third-order valence-electron chi connectivity index (χ3n) is 5.91. The Morgan fingerprint density at radius 2 is 1.79 bits per heavy atom. The molecular formula is C23H27NO3S. The number of Topliss-reactive ketones (excluding diaryl/α,β-unsaturated/α-hetero) is 1. The van der Waals surface area contributed by atoms with Crippen molar-refractivity contribution in [3.8, 4) is 0 Å². The van der Waals surface area contributed by atoms with Gasteiger partial charge in [-0.1, -0.05) is 48.0 Å². The normalized spacial score (nSPS) is 24.0. The summed E-state index contributed by atoms with van der Waals surface area (Å²) in [6, 6.07) is 16.9. The van der Waals surface area contributed by atoms with Crippen LogP contribution in [0.3, 0.4) is 0 Å². The van der Waals surface area contributed by atoms with Gasteiger partial charge in [0.25, 0.3) is 0 Å². The maximum atomic E-state index is 12.5. The van der Waals surface area contributed by atoms with E-state index in [9.17, 15) is 13.2 Å². The molecule has 148 valence electrons. The zero-order chi connectivity index (χ0) is 19.7. The van der Waals surface area contributed by atoms with Crippen LogP contribution in [0.1, 0.15) is 52.2 Å². The second-order valence-corrected chi connectivity index (χ2v) is 10.6. The summed E-state index contributed by atoms with van der Waals surface area (Å²) in [5.74, 6) is 1.27. The van der Waals surface area contributed by atoms with E-state index in [2.05, 4.69) is 29.6 Å². The van der Waals surface area contributed by atoms with Gasteiger partial charge in [0.2, 0.25) is 0 Å². The molecule has 1 saturated carbocycles. The van der Waals surface area contributed by atoms with Gasteiger partial charge in [-0.15, -0.1) is 0 Å². The Bertz CT molecular complexity index is 952. The van der Waals surface area contributed by atoms with Crippen LogP contribution in [-0.4, -0.2) is 37.8 Å². The highest BCUT2D eigenvalue weighted by atomic mass is 32.2. The van der Waals surface area contributed by atoms with E-state index in [1.165, 1.54) is 5.56 Å². The van der Waals surface area contributed by atoms with Crippen LogP contribution in [0.15, 0.2) is 48.5 Å². The van der Waals surface area contributed by atoms with E-state index < -0.39 is 9.84 Å². The summed E-state index contributed by atoms with van der Waals surface area (Å²) in [7, 11) is -2.80. The first-order chi connectivity index (χ1) is 13.4. The van der Waals surface area contributed by atoms with E-state index >= 15 is 0 Å². The van der Waals surface area contributed by atoms with E-state index in [4.69, 9.17) is 0 Å². The molecule has 0 bridgehead atoms. The lowest BCUT2D eigenvalue weighted by molar-refractivity contribution is 0.0993. The summed E-state index contributed by atoms with van der Waals surface area (Å²) in [6.07, 6.45) is 2.98. The third-order valence-corrected chi connectivity index (χ3v) is 7.62. The van der Waals surface area contributed by atoms with Crippen LogP contribution < -0.4 is 5.32 Å². The fraction of sp³-hybridized carbons (Fsp3) is 0.435. The number of hydrogen-bond donors (Lipinski definition) is 1.